The Morgan fingerprint density at radius 1 is 1.29 bits per heavy atom. The van der Waals surface area contributed by atoms with Crippen molar-refractivity contribution in [1.29, 1.82) is 0 Å². The number of hydrogen-bond acceptors (Lipinski definition) is 4. The Balaban J connectivity index is 2.50. The lowest BCUT2D eigenvalue weighted by molar-refractivity contribution is -0.142. The molecule has 116 valence electrons. The molecule has 1 aromatic rings. The Morgan fingerprint density at radius 2 is 1.95 bits per heavy atom. The fourth-order valence-corrected chi connectivity index (χ4v) is 1.77. The van der Waals surface area contributed by atoms with Gasteiger partial charge in [0.1, 0.15) is 17.5 Å². The van der Waals surface area contributed by atoms with E-state index in [1.165, 1.54) is 7.11 Å². The van der Waals surface area contributed by atoms with Crippen LogP contribution in [0.4, 0.5) is 0 Å². The van der Waals surface area contributed by atoms with Crippen molar-refractivity contribution in [3.05, 3.63) is 24.3 Å². The van der Waals surface area contributed by atoms with Gasteiger partial charge in [-0.1, -0.05) is 19.9 Å². The van der Waals surface area contributed by atoms with E-state index in [1.54, 1.807) is 24.3 Å². The van der Waals surface area contributed by atoms with Crippen LogP contribution in [0.1, 0.15) is 20.3 Å². The van der Waals surface area contributed by atoms with E-state index < -0.39 is 17.9 Å². The minimum atomic E-state index is -1.04. The lowest BCUT2D eigenvalue weighted by atomic mass is 10.0. The molecule has 0 saturated carbocycles. The summed E-state index contributed by atoms with van der Waals surface area (Å²) in [6.07, 6.45) is 0.375. The topological polar surface area (TPSA) is 84.9 Å². The second-order valence-corrected chi connectivity index (χ2v) is 5.06. The molecule has 21 heavy (non-hydrogen) atoms. The number of methoxy groups -OCH3 is 1. The third-order valence-corrected chi connectivity index (χ3v) is 2.75. The lowest BCUT2D eigenvalue weighted by Crippen LogP contribution is -2.43. The van der Waals surface area contributed by atoms with Crippen LogP contribution in [0.2, 0.25) is 0 Å². The maximum absolute atomic E-state index is 11.7. The van der Waals surface area contributed by atoms with Gasteiger partial charge in [-0.2, -0.15) is 0 Å². The Hall–Kier alpha value is -2.24. The minimum Gasteiger partial charge on any atom is -0.497 e. The van der Waals surface area contributed by atoms with E-state index in [2.05, 4.69) is 5.32 Å². The predicted octanol–water partition coefficient (Wildman–Crippen LogP) is 1.69. The molecule has 0 heterocycles. The van der Waals surface area contributed by atoms with Crippen LogP contribution in [0.15, 0.2) is 24.3 Å². The van der Waals surface area contributed by atoms with Gasteiger partial charge in [-0.05, 0) is 24.5 Å². The van der Waals surface area contributed by atoms with Crippen molar-refractivity contribution in [3.63, 3.8) is 0 Å². The molecule has 1 aromatic carbocycles. The first-order chi connectivity index (χ1) is 9.92. The fraction of sp³-hybridized carbons (Fsp3) is 0.467. The van der Waals surface area contributed by atoms with Gasteiger partial charge in [0.25, 0.3) is 5.91 Å². The van der Waals surface area contributed by atoms with Gasteiger partial charge in [0.2, 0.25) is 0 Å². The molecule has 1 rings (SSSR count). The number of rotatable bonds is 8. The maximum Gasteiger partial charge on any atom is 0.326 e. The van der Waals surface area contributed by atoms with Crippen LogP contribution in [-0.2, 0) is 9.59 Å². The van der Waals surface area contributed by atoms with Crippen molar-refractivity contribution in [1.82, 2.24) is 5.32 Å². The van der Waals surface area contributed by atoms with Crippen LogP contribution in [0.25, 0.3) is 0 Å². The second kappa shape index (κ2) is 8.14. The number of carboxylic acids is 1. The van der Waals surface area contributed by atoms with Crippen molar-refractivity contribution in [2.75, 3.05) is 13.7 Å². The molecule has 0 saturated heterocycles. The van der Waals surface area contributed by atoms with Gasteiger partial charge in [-0.25, -0.2) is 4.79 Å². The lowest BCUT2D eigenvalue weighted by Gasteiger charge is -2.16. The molecule has 6 nitrogen and oxygen atoms in total. The summed E-state index contributed by atoms with van der Waals surface area (Å²) in [6, 6.07) is 5.95. The first-order valence-electron chi connectivity index (χ1n) is 6.71. The van der Waals surface area contributed by atoms with Crippen molar-refractivity contribution < 1.29 is 24.2 Å². The molecule has 0 spiro atoms. The summed E-state index contributed by atoms with van der Waals surface area (Å²) in [6.45, 7) is 3.55. The molecule has 0 aromatic heterocycles. The minimum absolute atomic E-state index is 0.172. The number of nitrogens with one attached hydrogen (secondary N) is 1. The third kappa shape index (κ3) is 6.16. The standard InChI is InChI=1S/C15H21NO5/c1-10(2)7-13(15(18)19)16-14(17)9-21-12-6-4-5-11(8-12)20-3/h4-6,8,10,13H,7,9H2,1-3H3,(H,16,17)(H,18,19). The molecule has 0 aliphatic carbocycles. The molecule has 0 aliphatic heterocycles. The Labute approximate surface area is 124 Å². The van der Waals surface area contributed by atoms with Crippen molar-refractivity contribution in [3.8, 4) is 11.5 Å². The van der Waals surface area contributed by atoms with E-state index in [0.717, 1.165) is 0 Å². The predicted molar refractivity (Wildman–Crippen MR) is 77.5 cm³/mol. The third-order valence-electron chi connectivity index (χ3n) is 2.75. The number of benzene rings is 1. The smallest absolute Gasteiger partial charge is 0.326 e. The number of ether oxygens (including phenoxy) is 2. The molecular formula is C15H21NO5. The molecule has 6 heteroatoms. The average Bonchev–Trinajstić information content (AvgIpc) is 2.44. The number of amides is 1. The largest absolute Gasteiger partial charge is 0.497 e. The molecule has 0 radical (unpaired) electrons. The highest BCUT2D eigenvalue weighted by Crippen LogP contribution is 2.18. The van der Waals surface area contributed by atoms with Crippen LogP contribution in [0.5, 0.6) is 11.5 Å². The summed E-state index contributed by atoms with van der Waals surface area (Å²) in [5.41, 5.74) is 0. The highest BCUT2D eigenvalue weighted by Gasteiger charge is 2.21. The van der Waals surface area contributed by atoms with Gasteiger partial charge >= 0.3 is 5.97 Å². The van der Waals surface area contributed by atoms with Crippen LogP contribution in [-0.4, -0.2) is 36.7 Å². The number of carboxylic acid groups (broad SMARTS) is 1. The molecule has 2 N–H and O–H groups in total. The van der Waals surface area contributed by atoms with Crippen molar-refractivity contribution in [2.24, 2.45) is 5.92 Å². The zero-order chi connectivity index (χ0) is 15.8. The summed E-state index contributed by atoms with van der Waals surface area (Å²) < 4.78 is 10.4. The monoisotopic (exact) mass is 295 g/mol. The van der Waals surface area contributed by atoms with Crippen molar-refractivity contribution in [2.45, 2.75) is 26.3 Å². The molecule has 0 fully saturated rings. The van der Waals surface area contributed by atoms with Gasteiger partial charge in [0, 0.05) is 6.07 Å². The van der Waals surface area contributed by atoms with Crippen molar-refractivity contribution >= 4 is 11.9 Å². The van der Waals surface area contributed by atoms with Crippen LogP contribution < -0.4 is 14.8 Å². The van der Waals surface area contributed by atoms with E-state index in [9.17, 15) is 9.59 Å². The molecule has 1 atom stereocenters. The molecule has 1 unspecified atom stereocenters. The summed E-state index contributed by atoms with van der Waals surface area (Å²) in [5.74, 6) is -0.230. The summed E-state index contributed by atoms with van der Waals surface area (Å²) in [7, 11) is 1.54. The van der Waals surface area contributed by atoms with E-state index in [0.29, 0.717) is 17.9 Å². The van der Waals surface area contributed by atoms with E-state index in [1.807, 2.05) is 13.8 Å². The second-order valence-electron chi connectivity index (χ2n) is 5.06. The van der Waals surface area contributed by atoms with Gasteiger partial charge in [-0.3, -0.25) is 4.79 Å². The first kappa shape index (κ1) is 16.8. The summed E-state index contributed by atoms with van der Waals surface area (Å²) in [5, 5.41) is 11.5. The zero-order valence-electron chi connectivity index (χ0n) is 12.5. The quantitative estimate of drug-likeness (QED) is 0.762. The maximum atomic E-state index is 11.7. The highest BCUT2D eigenvalue weighted by atomic mass is 16.5. The normalized spacial score (nSPS) is 11.8. The molecule has 0 bridgehead atoms. The van der Waals surface area contributed by atoms with E-state index in [-0.39, 0.29) is 12.5 Å². The number of carbonyl (C=O) groups excluding carboxylic acids is 1. The first-order valence-corrected chi connectivity index (χ1v) is 6.71. The molecule has 1 amide bonds. The number of aliphatic carboxylic acids is 1. The van der Waals surface area contributed by atoms with Gasteiger partial charge in [0.15, 0.2) is 6.61 Å². The molecule has 0 aliphatic rings. The summed E-state index contributed by atoms with van der Waals surface area (Å²) >= 11 is 0. The number of hydrogen-bond donors (Lipinski definition) is 2. The Morgan fingerprint density at radius 3 is 2.52 bits per heavy atom. The zero-order valence-corrected chi connectivity index (χ0v) is 12.5. The Bertz CT molecular complexity index is 487. The van der Waals surface area contributed by atoms with E-state index in [4.69, 9.17) is 14.6 Å². The Kier molecular flexibility index (Phi) is 6.52. The van der Waals surface area contributed by atoms with Crippen LogP contribution >= 0.6 is 0 Å². The van der Waals surface area contributed by atoms with Gasteiger partial charge in [-0.15, -0.1) is 0 Å². The van der Waals surface area contributed by atoms with E-state index >= 15 is 0 Å². The summed E-state index contributed by atoms with van der Waals surface area (Å²) in [4.78, 5) is 22.8. The average molecular weight is 295 g/mol. The SMILES string of the molecule is COc1cccc(OCC(=O)NC(CC(C)C)C(=O)O)c1. The van der Waals surface area contributed by atoms with Crippen LogP contribution in [0, 0.1) is 5.92 Å². The number of carbonyl (C=O) groups is 2. The van der Waals surface area contributed by atoms with Gasteiger partial charge in [0.05, 0.1) is 7.11 Å². The fourth-order valence-electron chi connectivity index (χ4n) is 1.77. The highest BCUT2D eigenvalue weighted by molar-refractivity contribution is 5.84. The molecular weight excluding hydrogens is 274 g/mol. The van der Waals surface area contributed by atoms with Gasteiger partial charge < -0.3 is 19.9 Å². The van der Waals surface area contributed by atoms with Crippen LogP contribution in [0.3, 0.4) is 0 Å².